The Bertz CT molecular complexity index is 482. The van der Waals surface area contributed by atoms with Crippen LogP contribution in [0.5, 0.6) is 0 Å². The molecule has 4 nitrogen and oxygen atoms in total. The molecule has 4 heteroatoms. The summed E-state index contributed by atoms with van der Waals surface area (Å²) in [5, 5.41) is 0. The summed E-state index contributed by atoms with van der Waals surface area (Å²) in [5.41, 5.74) is 7.07. The predicted molar refractivity (Wildman–Crippen MR) is 79.4 cm³/mol. The Kier molecular flexibility index (Phi) is 3.83. The molecule has 1 aliphatic carbocycles. The van der Waals surface area contributed by atoms with Crippen LogP contribution in [0, 0.1) is 11.8 Å². The van der Waals surface area contributed by atoms with Gasteiger partial charge in [0.25, 0.3) is 5.91 Å². The number of rotatable bonds is 3. The summed E-state index contributed by atoms with van der Waals surface area (Å²) in [4.78, 5) is 14.7. The van der Waals surface area contributed by atoms with Crippen molar-refractivity contribution in [3.63, 3.8) is 0 Å². The fraction of sp³-hybridized carbons (Fsp3) is 0.688. The summed E-state index contributed by atoms with van der Waals surface area (Å²) in [6.45, 7) is 4.79. The fourth-order valence-corrected chi connectivity index (χ4v) is 3.89. The van der Waals surface area contributed by atoms with Crippen LogP contribution in [0.1, 0.15) is 43.1 Å². The van der Waals surface area contributed by atoms with Crippen molar-refractivity contribution in [3.05, 3.63) is 24.0 Å². The van der Waals surface area contributed by atoms with Gasteiger partial charge in [-0.1, -0.05) is 13.3 Å². The van der Waals surface area contributed by atoms with Crippen LogP contribution >= 0.6 is 0 Å². The van der Waals surface area contributed by atoms with Crippen molar-refractivity contribution in [1.82, 2.24) is 9.47 Å². The maximum Gasteiger partial charge on any atom is 0.270 e. The maximum atomic E-state index is 12.7. The van der Waals surface area contributed by atoms with Crippen LogP contribution in [-0.4, -0.2) is 34.5 Å². The van der Waals surface area contributed by atoms with E-state index in [1.807, 2.05) is 23.2 Å². The summed E-state index contributed by atoms with van der Waals surface area (Å²) < 4.78 is 2.07. The quantitative estimate of drug-likeness (QED) is 0.918. The van der Waals surface area contributed by atoms with Crippen LogP contribution in [-0.2, 0) is 6.54 Å². The van der Waals surface area contributed by atoms with Crippen LogP contribution < -0.4 is 5.73 Å². The molecule has 0 radical (unpaired) electrons. The minimum Gasteiger partial charge on any atom is -0.344 e. The number of carbonyl (C=O) groups is 1. The number of aromatic nitrogens is 1. The van der Waals surface area contributed by atoms with Gasteiger partial charge in [-0.2, -0.15) is 0 Å². The third-order valence-electron chi connectivity index (χ3n) is 4.95. The lowest BCUT2D eigenvalue weighted by molar-refractivity contribution is 0.0772. The number of nitrogens with zero attached hydrogens (tertiary/aromatic N) is 2. The third-order valence-corrected chi connectivity index (χ3v) is 4.95. The number of amides is 1. The molecule has 0 spiro atoms. The number of carbonyl (C=O) groups excluding carboxylic acids is 1. The van der Waals surface area contributed by atoms with E-state index >= 15 is 0 Å². The molecular weight excluding hydrogens is 250 g/mol. The number of hydrogen-bond acceptors (Lipinski definition) is 2. The van der Waals surface area contributed by atoms with Gasteiger partial charge in [-0.3, -0.25) is 4.79 Å². The molecule has 1 aliphatic heterocycles. The molecule has 0 aromatic carbocycles. The molecule has 1 saturated heterocycles. The summed E-state index contributed by atoms with van der Waals surface area (Å²) in [5.74, 6) is 1.32. The van der Waals surface area contributed by atoms with Gasteiger partial charge < -0.3 is 15.2 Å². The van der Waals surface area contributed by atoms with Crippen molar-refractivity contribution in [3.8, 4) is 0 Å². The molecule has 3 rings (SSSR count). The lowest BCUT2D eigenvalue weighted by Crippen LogP contribution is -2.38. The van der Waals surface area contributed by atoms with E-state index in [-0.39, 0.29) is 11.9 Å². The largest absolute Gasteiger partial charge is 0.344 e. The van der Waals surface area contributed by atoms with E-state index in [9.17, 15) is 4.79 Å². The topological polar surface area (TPSA) is 51.3 Å². The highest BCUT2D eigenvalue weighted by Gasteiger charge is 2.40. The van der Waals surface area contributed by atoms with Crippen molar-refractivity contribution >= 4 is 5.91 Å². The molecule has 1 amide bonds. The normalized spacial score (nSPS) is 29.5. The summed E-state index contributed by atoms with van der Waals surface area (Å²) in [6, 6.07) is 4.20. The highest BCUT2D eigenvalue weighted by molar-refractivity contribution is 5.93. The fourth-order valence-electron chi connectivity index (χ4n) is 3.89. The first-order valence-electron chi connectivity index (χ1n) is 7.90. The minimum atomic E-state index is 0.185. The second kappa shape index (κ2) is 5.60. The molecule has 0 bridgehead atoms. The number of hydrogen-bond donors (Lipinski definition) is 1. The monoisotopic (exact) mass is 275 g/mol. The Hall–Kier alpha value is -1.29. The summed E-state index contributed by atoms with van der Waals surface area (Å²) >= 11 is 0. The first kappa shape index (κ1) is 13.7. The van der Waals surface area contributed by atoms with Crippen LogP contribution in [0.4, 0.5) is 0 Å². The molecule has 3 atom stereocenters. The first-order valence-corrected chi connectivity index (χ1v) is 7.90. The Labute approximate surface area is 120 Å². The molecule has 2 heterocycles. The van der Waals surface area contributed by atoms with Gasteiger partial charge in [-0.15, -0.1) is 0 Å². The molecule has 110 valence electrons. The number of likely N-dealkylation sites (tertiary alicyclic amines) is 1. The van der Waals surface area contributed by atoms with Crippen molar-refractivity contribution in [2.24, 2.45) is 17.6 Å². The molecule has 20 heavy (non-hydrogen) atoms. The lowest BCUT2D eigenvalue weighted by Gasteiger charge is -2.29. The Morgan fingerprint density at radius 2 is 2.25 bits per heavy atom. The van der Waals surface area contributed by atoms with Crippen molar-refractivity contribution in [2.75, 3.05) is 13.1 Å². The Morgan fingerprint density at radius 1 is 1.40 bits per heavy atom. The third kappa shape index (κ3) is 2.37. The maximum absolute atomic E-state index is 12.7. The van der Waals surface area contributed by atoms with E-state index < -0.39 is 0 Å². The zero-order valence-corrected chi connectivity index (χ0v) is 12.3. The number of nitrogens with two attached hydrogens (primary N) is 1. The Morgan fingerprint density at radius 3 is 3.00 bits per heavy atom. The molecule has 2 N–H and O–H groups in total. The molecule has 2 aliphatic rings. The summed E-state index contributed by atoms with van der Waals surface area (Å²) in [6.07, 6.45) is 6.63. The first-order chi connectivity index (χ1) is 9.70. The van der Waals surface area contributed by atoms with Gasteiger partial charge in [0.05, 0.1) is 0 Å². The van der Waals surface area contributed by atoms with Gasteiger partial charge in [0.1, 0.15) is 5.69 Å². The average molecular weight is 275 g/mol. The SMILES string of the molecule is CCCn1cccc1C(=O)N1CC2CCCC(N)C2C1. The van der Waals surface area contributed by atoms with Gasteiger partial charge >= 0.3 is 0 Å². The van der Waals surface area contributed by atoms with Crippen LogP contribution in [0.25, 0.3) is 0 Å². The van der Waals surface area contributed by atoms with Crippen LogP contribution in [0.15, 0.2) is 18.3 Å². The second-order valence-electron chi connectivity index (χ2n) is 6.32. The van der Waals surface area contributed by atoms with E-state index in [1.54, 1.807) is 0 Å². The van der Waals surface area contributed by atoms with Crippen molar-refractivity contribution < 1.29 is 4.79 Å². The van der Waals surface area contributed by atoms with E-state index in [4.69, 9.17) is 5.73 Å². The zero-order valence-electron chi connectivity index (χ0n) is 12.3. The van der Waals surface area contributed by atoms with Gasteiger partial charge in [0, 0.05) is 31.9 Å². The minimum absolute atomic E-state index is 0.185. The predicted octanol–water partition coefficient (Wildman–Crippen LogP) is 2.10. The van der Waals surface area contributed by atoms with Crippen LogP contribution in [0.3, 0.4) is 0 Å². The standard InChI is InChI=1S/C16H25N3O/c1-2-8-18-9-4-7-15(18)16(20)19-10-12-5-3-6-14(17)13(12)11-19/h4,7,9,12-14H,2-3,5-6,8,10-11,17H2,1H3. The highest BCUT2D eigenvalue weighted by Crippen LogP contribution is 2.36. The molecule has 1 aromatic heterocycles. The van der Waals surface area contributed by atoms with Crippen molar-refractivity contribution in [2.45, 2.75) is 45.2 Å². The van der Waals surface area contributed by atoms with Gasteiger partial charge in [0.15, 0.2) is 0 Å². The van der Waals surface area contributed by atoms with Crippen LogP contribution in [0.2, 0.25) is 0 Å². The van der Waals surface area contributed by atoms with Gasteiger partial charge in [-0.05, 0) is 43.2 Å². The van der Waals surface area contributed by atoms with Gasteiger partial charge in [0.2, 0.25) is 0 Å². The summed E-state index contributed by atoms with van der Waals surface area (Å²) in [7, 11) is 0. The van der Waals surface area contributed by atoms with E-state index in [0.717, 1.165) is 38.2 Å². The van der Waals surface area contributed by atoms with E-state index in [1.165, 1.54) is 12.8 Å². The number of fused-ring (bicyclic) bond motifs is 1. The molecular formula is C16H25N3O. The zero-order chi connectivity index (χ0) is 14.1. The average Bonchev–Trinajstić information content (AvgIpc) is 3.05. The lowest BCUT2D eigenvalue weighted by atomic mass is 9.78. The molecule has 1 aromatic rings. The van der Waals surface area contributed by atoms with E-state index in [2.05, 4.69) is 11.5 Å². The number of aryl methyl sites for hydroxylation is 1. The highest BCUT2D eigenvalue weighted by atomic mass is 16.2. The molecule has 1 saturated carbocycles. The molecule has 3 unspecified atom stereocenters. The van der Waals surface area contributed by atoms with E-state index in [0.29, 0.717) is 11.8 Å². The van der Waals surface area contributed by atoms with Crippen molar-refractivity contribution in [1.29, 1.82) is 0 Å². The second-order valence-corrected chi connectivity index (χ2v) is 6.32. The van der Waals surface area contributed by atoms with Gasteiger partial charge in [-0.25, -0.2) is 0 Å². The Balaban J connectivity index is 1.73. The smallest absolute Gasteiger partial charge is 0.270 e. The molecule has 2 fully saturated rings.